The van der Waals surface area contributed by atoms with E-state index in [1.54, 1.807) is 18.8 Å². The molecule has 0 fully saturated rings. The number of carbonyl (C=O) groups is 1. The van der Waals surface area contributed by atoms with Crippen molar-refractivity contribution in [3.8, 4) is 0 Å². The maximum atomic E-state index is 11.4. The van der Waals surface area contributed by atoms with E-state index in [0.717, 1.165) is 17.1 Å². The highest BCUT2D eigenvalue weighted by Crippen LogP contribution is 2.16. The van der Waals surface area contributed by atoms with Crippen LogP contribution < -0.4 is 5.32 Å². The topological polar surface area (TPSA) is 49.3 Å². The monoisotopic (exact) mass is 253 g/mol. The molecule has 0 aliphatic rings. The zero-order valence-corrected chi connectivity index (χ0v) is 11.1. The van der Waals surface area contributed by atoms with Crippen LogP contribution in [0.15, 0.2) is 24.3 Å². The van der Waals surface area contributed by atoms with E-state index in [1.165, 1.54) is 0 Å². The van der Waals surface area contributed by atoms with Crippen LogP contribution in [0.1, 0.15) is 22.8 Å². The zero-order chi connectivity index (χ0) is 12.7. The van der Waals surface area contributed by atoms with Crippen LogP contribution in [-0.4, -0.2) is 30.4 Å². The number of benzene rings is 1. The lowest BCUT2D eigenvalue weighted by molar-refractivity contribution is 0.0963. The molecule has 1 amide bonds. The second-order valence-electron chi connectivity index (χ2n) is 4.08. The normalized spacial score (nSPS) is 12.2. The molecule has 0 spiro atoms. The number of thioether (sulfide) groups is 1. The maximum Gasteiger partial charge on any atom is 0.251 e. The number of nitrogens with one attached hydrogen (secondary N) is 1. The minimum atomic E-state index is -0.0550. The van der Waals surface area contributed by atoms with Crippen molar-refractivity contribution in [2.75, 3.05) is 19.4 Å². The number of carbonyl (C=O) groups excluding carboxylic acids is 1. The van der Waals surface area contributed by atoms with Gasteiger partial charge in [-0.05, 0) is 29.4 Å². The van der Waals surface area contributed by atoms with Gasteiger partial charge >= 0.3 is 0 Å². The summed E-state index contributed by atoms with van der Waals surface area (Å²) in [4.78, 5) is 11.4. The second-order valence-corrected chi connectivity index (χ2v) is 5.11. The van der Waals surface area contributed by atoms with Crippen LogP contribution >= 0.6 is 11.8 Å². The Bertz CT molecular complexity index is 368. The van der Waals surface area contributed by atoms with E-state index in [-0.39, 0.29) is 12.5 Å². The van der Waals surface area contributed by atoms with Gasteiger partial charge in [-0.25, -0.2) is 0 Å². The van der Waals surface area contributed by atoms with E-state index in [9.17, 15) is 4.79 Å². The predicted octanol–water partition coefficient (Wildman–Crippen LogP) is 1.91. The quantitative estimate of drug-likeness (QED) is 0.814. The van der Waals surface area contributed by atoms with E-state index in [0.29, 0.717) is 11.5 Å². The molecule has 17 heavy (non-hydrogen) atoms. The molecular weight excluding hydrogens is 234 g/mol. The number of hydrogen-bond acceptors (Lipinski definition) is 3. The lowest BCUT2D eigenvalue weighted by Gasteiger charge is -2.08. The molecule has 0 aliphatic carbocycles. The van der Waals surface area contributed by atoms with Crippen LogP contribution in [0.2, 0.25) is 0 Å². The van der Waals surface area contributed by atoms with E-state index in [4.69, 9.17) is 5.11 Å². The minimum Gasteiger partial charge on any atom is -0.396 e. The van der Waals surface area contributed by atoms with Crippen molar-refractivity contribution in [1.29, 1.82) is 0 Å². The van der Waals surface area contributed by atoms with Crippen molar-refractivity contribution in [3.63, 3.8) is 0 Å². The third-order valence-electron chi connectivity index (χ3n) is 2.40. The summed E-state index contributed by atoms with van der Waals surface area (Å²) < 4.78 is 0. The van der Waals surface area contributed by atoms with Crippen LogP contribution in [0.5, 0.6) is 0 Å². The van der Waals surface area contributed by atoms with Crippen LogP contribution in [0, 0.1) is 5.92 Å². The van der Waals surface area contributed by atoms with Gasteiger partial charge in [0.1, 0.15) is 0 Å². The SMILES string of the molecule is CNC(=O)c1cccc(CSC[C@@H](C)CO)c1. The summed E-state index contributed by atoms with van der Waals surface area (Å²) in [5, 5.41) is 11.5. The Hall–Kier alpha value is -1.00. The standard InChI is InChI=1S/C13H19NO2S/c1-10(7-15)8-17-9-11-4-3-5-12(6-11)13(16)14-2/h3-6,10,15H,7-9H2,1-2H3,(H,14,16)/t10-/m0/s1. The fourth-order valence-corrected chi connectivity index (χ4v) is 2.42. The summed E-state index contributed by atoms with van der Waals surface area (Å²) >= 11 is 1.78. The minimum absolute atomic E-state index is 0.0550. The molecule has 0 radical (unpaired) electrons. The van der Waals surface area contributed by atoms with Gasteiger partial charge in [-0.3, -0.25) is 4.79 Å². The molecule has 0 saturated heterocycles. The first-order valence-electron chi connectivity index (χ1n) is 5.67. The summed E-state index contributed by atoms with van der Waals surface area (Å²) in [6.45, 7) is 2.25. The molecular formula is C13H19NO2S. The molecule has 1 atom stereocenters. The fraction of sp³-hybridized carbons (Fsp3) is 0.462. The van der Waals surface area contributed by atoms with Gasteiger partial charge in [-0.1, -0.05) is 19.1 Å². The highest BCUT2D eigenvalue weighted by molar-refractivity contribution is 7.98. The first-order chi connectivity index (χ1) is 8.17. The lowest BCUT2D eigenvalue weighted by Crippen LogP contribution is -2.17. The van der Waals surface area contributed by atoms with Gasteiger partial charge < -0.3 is 10.4 Å². The largest absolute Gasteiger partial charge is 0.396 e. The lowest BCUT2D eigenvalue weighted by atomic mass is 10.1. The third kappa shape index (κ3) is 4.79. The van der Waals surface area contributed by atoms with Gasteiger partial charge in [0.05, 0.1) is 0 Å². The van der Waals surface area contributed by atoms with Crippen molar-refractivity contribution in [2.45, 2.75) is 12.7 Å². The van der Waals surface area contributed by atoms with Crippen molar-refractivity contribution >= 4 is 17.7 Å². The first kappa shape index (κ1) is 14.1. The van der Waals surface area contributed by atoms with Gasteiger partial charge in [0.2, 0.25) is 0 Å². The molecule has 4 heteroatoms. The van der Waals surface area contributed by atoms with Crippen LogP contribution in [-0.2, 0) is 5.75 Å². The van der Waals surface area contributed by atoms with Crippen molar-refractivity contribution in [2.24, 2.45) is 5.92 Å². The fourth-order valence-electron chi connectivity index (χ4n) is 1.38. The number of aliphatic hydroxyl groups excluding tert-OH is 1. The van der Waals surface area contributed by atoms with Crippen molar-refractivity contribution in [3.05, 3.63) is 35.4 Å². The molecule has 0 aliphatic heterocycles. The second kappa shape index (κ2) is 7.35. The molecule has 0 bridgehead atoms. The smallest absolute Gasteiger partial charge is 0.251 e. The highest BCUT2D eigenvalue weighted by atomic mass is 32.2. The summed E-state index contributed by atoms with van der Waals surface area (Å²) in [6.07, 6.45) is 0. The van der Waals surface area contributed by atoms with Crippen LogP contribution in [0.25, 0.3) is 0 Å². The molecule has 3 nitrogen and oxygen atoms in total. The van der Waals surface area contributed by atoms with E-state index in [2.05, 4.69) is 5.32 Å². The van der Waals surface area contributed by atoms with Crippen LogP contribution in [0.4, 0.5) is 0 Å². The van der Waals surface area contributed by atoms with Gasteiger partial charge in [-0.15, -0.1) is 0 Å². The molecule has 0 saturated carbocycles. The Labute approximate surface area is 107 Å². The van der Waals surface area contributed by atoms with E-state index < -0.39 is 0 Å². The van der Waals surface area contributed by atoms with Crippen LogP contribution in [0.3, 0.4) is 0 Å². The Morgan fingerprint density at radius 1 is 1.53 bits per heavy atom. The van der Waals surface area contributed by atoms with Gasteiger partial charge in [0.15, 0.2) is 0 Å². The summed E-state index contributed by atoms with van der Waals surface area (Å²) in [6, 6.07) is 7.64. The Morgan fingerprint density at radius 3 is 2.94 bits per heavy atom. The Balaban J connectivity index is 2.51. The number of amides is 1. The molecule has 1 aromatic carbocycles. The predicted molar refractivity (Wildman–Crippen MR) is 72.2 cm³/mol. The maximum absolute atomic E-state index is 11.4. The number of hydrogen-bond donors (Lipinski definition) is 2. The van der Waals surface area contributed by atoms with Gasteiger partial charge in [-0.2, -0.15) is 11.8 Å². The molecule has 1 rings (SSSR count). The van der Waals surface area contributed by atoms with E-state index >= 15 is 0 Å². The third-order valence-corrected chi connectivity index (χ3v) is 3.74. The molecule has 94 valence electrons. The van der Waals surface area contributed by atoms with Gasteiger partial charge in [0.25, 0.3) is 5.91 Å². The first-order valence-corrected chi connectivity index (χ1v) is 6.82. The average Bonchev–Trinajstić information content (AvgIpc) is 2.38. The summed E-state index contributed by atoms with van der Waals surface area (Å²) in [7, 11) is 1.63. The van der Waals surface area contributed by atoms with Gasteiger partial charge in [0, 0.05) is 25.0 Å². The average molecular weight is 253 g/mol. The highest BCUT2D eigenvalue weighted by Gasteiger charge is 2.04. The molecule has 0 aromatic heterocycles. The Kier molecular flexibility index (Phi) is 6.08. The Morgan fingerprint density at radius 2 is 2.29 bits per heavy atom. The van der Waals surface area contributed by atoms with E-state index in [1.807, 2.05) is 31.2 Å². The molecule has 0 unspecified atom stereocenters. The molecule has 2 N–H and O–H groups in total. The number of rotatable bonds is 6. The zero-order valence-electron chi connectivity index (χ0n) is 10.3. The molecule has 0 heterocycles. The number of aliphatic hydroxyl groups is 1. The van der Waals surface area contributed by atoms with Crippen molar-refractivity contribution < 1.29 is 9.90 Å². The summed E-state index contributed by atoms with van der Waals surface area (Å²) in [5.41, 5.74) is 1.84. The molecule has 1 aromatic rings. The van der Waals surface area contributed by atoms with Crippen molar-refractivity contribution in [1.82, 2.24) is 5.32 Å². The summed E-state index contributed by atoms with van der Waals surface area (Å²) in [5.74, 6) is 2.07.